The third-order valence-electron chi connectivity index (χ3n) is 6.00. The van der Waals surface area contributed by atoms with Gasteiger partial charge < -0.3 is 9.64 Å². The molecule has 1 aromatic carbocycles. The van der Waals surface area contributed by atoms with Crippen LogP contribution in [0, 0.1) is 23.7 Å². The molecule has 1 saturated carbocycles. The number of benzene rings is 1. The van der Waals surface area contributed by atoms with Crippen molar-refractivity contribution in [1.82, 2.24) is 4.90 Å². The first-order chi connectivity index (χ1) is 11.3. The van der Waals surface area contributed by atoms with Crippen LogP contribution in [-0.2, 0) is 9.53 Å². The average Bonchev–Trinajstić information content (AvgIpc) is 3.29. The molecular formula is C20H21NO2. The summed E-state index contributed by atoms with van der Waals surface area (Å²) in [7, 11) is 0. The first kappa shape index (κ1) is 13.6. The van der Waals surface area contributed by atoms with Crippen LogP contribution >= 0.6 is 0 Å². The lowest BCUT2D eigenvalue weighted by atomic mass is 9.80. The van der Waals surface area contributed by atoms with Crippen molar-refractivity contribution in [3.8, 4) is 0 Å². The van der Waals surface area contributed by atoms with E-state index in [1.807, 2.05) is 6.07 Å². The summed E-state index contributed by atoms with van der Waals surface area (Å²) < 4.78 is 5.50. The van der Waals surface area contributed by atoms with Crippen LogP contribution in [0.3, 0.4) is 0 Å². The molecule has 1 aliphatic heterocycles. The first-order valence-corrected chi connectivity index (χ1v) is 8.69. The molecule has 0 amide bonds. The Hall–Kier alpha value is -1.87. The number of hydrogen-bond donors (Lipinski definition) is 0. The molecule has 0 spiro atoms. The van der Waals surface area contributed by atoms with Crippen molar-refractivity contribution in [2.24, 2.45) is 23.7 Å². The zero-order chi connectivity index (χ0) is 15.4. The maximum absolute atomic E-state index is 13.3. The van der Waals surface area contributed by atoms with Crippen LogP contribution in [0.4, 0.5) is 0 Å². The number of fused-ring (bicyclic) bond motifs is 5. The van der Waals surface area contributed by atoms with E-state index in [0.29, 0.717) is 23.5 Å². The molecule has 0 radical (unpaired) electrons. The highest BCUT2D eigenvalue weighted by Crippen LogP contribution is 2.58. The lowest BCUT2D eigenvalue weighted by Crippen LogP contribution is -2.38. The molecule has 5 rings (SSSR count). The average molecular weight is 307 g/mol. The van der Waals surface area contributed by atoms with Gasteiger partial charge in [0.2, 0.25) is 0 Å². The number of carbonyl (C=O) groups excluding carboxylic acids is 1. The maximum Gasteiger partial charge on any atom is 0.183 e. The van der Waals surface area contributed by atoms with E-state index >= 15 is 0 Å². The molecule has 0 aromatic heterocycles. The number of nitrogens with zero attached hydrogens (tertiary/aromatic N) is 1. The molecule has 1 saturated heterocycles. The second-order valence-corrected chi connectivity index (χ2v) is 7.09. The molecule has 4 unspecified atom stereocenters. The van der Waals surface area contributed by atoms with Crippen LogP contribution in [0.1, 0.15) is 12.0 Å². The highest BCUT2D eigenvalue weighted by Gasteiger charge is 2.56. The second kappa shape index (κ2) is 5.07. The highest BCUT2D eigenvalue weighted by atomic mass is 16.5. The quantitative estimate of drug-likeness (QED) is 0.787. The predicted molar refractivity (Wildman–Crippen MR) is 88.5 cm³/mol. The van der Waals surface area contributed by atoms with E-state index in [9.17, 15) is 4.79 Å². The zero-order valence-corrected chi connectivity index (χ0v) is 13.2. The lowest BCUT2D eigenvalue weighted by Gasteiger charge is -2.31. The Morgan fingerprint density at radius 1 is 0.957 bits per heavy atom. The van der Waals surface area contributed by atoms with E-state index in [-0.39, 0.29) is 5.92 Å². The minimum absolute atomic E-state index is 0.179. The molecule has 2 fully saturated rings. The van der Waals surface area contributed by atoms with Crippen molar-refractivity contribution < 1.29 is 9.53 Å². The Kier molecular flexibility index (Phi) is 2.99. The standard InChI is InChI=1S/C20H21NO2/c22-20-18-15-7-6-14(12-15)16(18)17(13-4-2-1-3-5-13)19(20)21-8-10-23-11-9-21/h1-7,14-16,18H,8-12H2. The summed E-state index contributed by atoms with van der Waals surface area (Å²) in [6, 6.07) is 10.6. The van der Waals surface area contributed by atoms with Crippen molar-refractivity contribution in [1.29, 1.82) is 0 Å². The second-order valence-electron chi connectivity index (χ2n) is 7.09. The number of hydrogen-bond acceptors (Lipinski definition) is 3. The highest BCUT2D eigenvalue weighted by molar-refractivity contribution is 6.10. The maximum atomic E-state index is 13.3. The molecule has 4 aliphatic rings. The minimum atomic E-state index is 0.179. The van der Waals surface area contributed by atoms with Crippen molar-refractivity contribution in [3.63, 3.8) is 0 Å². The van der Waals surface area contributed by atoms with Crippen molar-refractivity contribution in [3.05, 3.63) is 53.7 Å². The Labute approximate surface area is 136 Å². The monoisotopic (exact) mass is 307 g/mol. The molecule has 0 N–H and O–H groups in total. The van der Waals surface area contributed by atoms with E-state index < -0.39 is 0 Å². The molecule has 4 atom stereocenters. The van der Waals surface area contributed by atoms with Gasteiger partial charge in [-0.3, -0.25) is 4.79 Å². The Morgan fingerprint density at radius 2 is 1.65 bits per heavy atom. The Balaban J connectivity index is 1.66. The molecule has 1 heterocycles. The largest absolute Gasteiger partial charge is 0.378 e. The molecule has 118 valence electrons. The molecule has 3 heteroatoms. The molecular weight excluding hydrogens is 286 g/mol. The van der Waals surface area contributed by atoms with Gasteiger partial charge in [-0.1, -0.05) is 42.5 Å². The van der Waals surface area contributed by atoms with Gasteiger partial charge in [-0.15, -0.1) is 0 Å². The summed E-state index contributed by atoms with van der Waals surface area (Å²) >= 11 is 0. The van der Waals surface area contributed by atoms with Gasteiger partial charge in [0.15, 0.2) is 5.78 Å². The fourth-order valence-electron chi connectivity index (χ4n) is 5.08. The zero-order valence-electron chi connectivity index (χ0n) is 13.2. The van der Waals surface area contributed by atoms with E-state index in [2.05, 4.69) is 41.3 Å². The minimum Gasteiger partial charge on any atom is -0.378 e. The summed E-state index contributed by atoms with van der Waals surface area (Å²) in [4.78, 5) is 15.6. The van der Waals surface area contributed by atoms with Crippen LogP contribution in [0.2, 0.25) is 0 Å². The van der Waals surface area contributed by atoms with Crippen molar-refractivity contribution in [2.45, 2.75) is 6.42 Å². The third-order valence-corrected chi connectivity index (χ3v) is 6.00. The number of ether oxygens (including phenoxy) is 1. The molecule has 3 aliphatic carbocycles. The summed E-state index contributed by atoms with van der Waals surface area (Å²) in [5.41, 5.74) is 3.53. The summed E-state index contributed by atoms with van der Waals surface area (Å²) in [6.07, 6.45) is 5.80. The number of carbonyl (C=O) groups is 1. The van der Waals surface area contributed by atoms with Crippen LogP contribution < -0.4 is 0 Å². The van der Waals surface area contributed by atoms with Crippen LogP contribution in [0.5, 0.6) is 0 Å². The Bertz CT molecular complexity index is 700. The van der Waals surface area contributed by atoms with E-state index in [1.165, 1.54) is 11.1 Å². The normalized spacial score (nSPS) is 35.3. The van der Waals surface area contributed by atoms with E-state index in [4.69, 9.17) is 4.74 Å². The smallest absolute Gasteiger partial charge is 0.183 e. The number of rotatable bonds is 2. The topological polar surface area (TPSA) is 29.5 Å². The molecule has 1 aromatic rings. The van der Waals surface area contributed by atoms with Crippen molar-refractivity contribution in [2.75, 3.05) is 26.3 Å². The number of morpholine rings is 1. The number of ketones is 1. The van der Waals surface area contributed by atoms with Gasteiger partial charge in [-0.05, 0) is 29.4 Å². The molecule has 23 heavy (non-hydrogen) atoms. The van der Waals surface area contributed by atoms with Crippen LogP contribution in [0.25, 0.3) is 5.57 Å². The first-order valence-electron chi connectivity index (χ1n) is 8.69. The van der Waals surface area contributed by atoms with Gasteiger partial charge in [-0.2, -0.15) is 0 Å². The summed E-state index contributed by atoms with van der Waals surface area (Å²) in [5.74, 6) is 1.95. The van der Waals surface area contributed by atoms with Crippen molar-refractivity contribution >= 4 is 11.4 Å². The van der Waals surface area contributed by atoms with Gasteiger partial charge in [0.1, 0.15) is 0 Å². The van der Waals surface area contributed by atoms with Gasteiger partial charge in [0.05, 0.1) is 18.9 Å². The molecule has 2 bridgehead atoms. The van der Waals surface area contributed by atoms with E-state index in [0.717, 1.165) is 38.4 Å². The van der Waals surface area contributed by atoms with Gasteiger partial charge in [-0.25, -0.2) is 0 Å². The van der Waals surface area contributed by atoms with Gasteiger partial charge in [0.25, 0.3) is 0 Å². The summed E-state index contributed by atoms with van der Waals surface area (Å²) in [5, 5.41) is 0. The van der Waals surface area contributed by atoms with Gasteiger partial charge in [0, 0.05) is 24.9 Å². The SMILES string of the molecule is O=C1C(N2CCOCC2)=C(c2ccccc2)C2C3C=CC(C3)C12. The fourth-order valence-corrected chi connectivity index (χ4v) is 5.08. The number of Topliss-reactive ketones (excluding diaryl/α,β-unsaturated/α-hetero) is 1. The molecule has 3 nitrogen and oxygen atoms in total. The Morgan fingerprint density at radius 3 is 2.39 bits per heavy atom. The fraction of sp³-hybridized carbons (Fsp3) is 0.450. The number of allylic oxidation sites excluding steroid dienone is 4. The third kappa shape index (κ3) is 1.89. The van der Waals surface area contributed by atoms with Gasteiger partial charge >= 0.3 is 0 Å². The van der Waals surface area contributed by atoms with Crippen LogP contribution in [0.15, 0.2) is 48.2 Å². The summed E-state index contributed by atoms with van der Waals surface area (Å²) in [6.45, 7) is 3.11. The lowest BCUT2D eigenvalue weighted by molar-refractivity contribution is -0.121. The predicted octanol–water partition coefficient (Wildman–Crippen LogP) is 2.75. The van der Waals surface area contributed by atoms with E-state index in [1.54, 1.807) is 0 Å². The van der Waals surface area contributed by atoms with Crippen LogP contribution in [-0.4, -0.2) is 37.0 Å².